The van der Waals surface area contributed by atoms with Gasteiger partial charge in [-0.15, -0.1) is 0 Å². The van der Waals surface area contributed by atoms with Crippen LogP contribution in [0.1, 0.15) is 31.7 Å². The minimum absolute atomic E-state index is 0.134. The zero-order valence-corrected chi connectivity index (χ0v) is 20.6. The Bertz CT molecular complexity index is 1730. The molecule has 12 heteroatoms. The largest absolute Gasteiger partial charge is 0.412 e. The number of primary amides is 1. The zero-order valence-electron chi connectivity index (χ0n) is 20.6. The van der Waals surface area contributed by atoms with Crippen molar-refractivity contribution >= 4 is 39.8 Å². The van der Waals surface area contributed by atoms with E-state index in [1.54, 1.807) is 41.2 Å². The summed E-state index contributed by atoms with van der Waals surface area (Å²) in [6.45, 7) is 0. The highest BCUT2D eigenvalue weighted by Crippen LogP contribution is 2.39. The van der Waals surface area contributed by atoms with E-state index in [9.17, 15) is 9.59 Å². The van der Waals surface area contributed by atoms with Gasteiger partial charge in [0.05, 0.1) is 28.7 Å². The average Bonchev–Trinajstić information content (AvgIpc) is 3.34. The third kappa shape index (κ3) is 4.39. The number of fused-ring (bicyclic) bond motifs is 2. The molecule has 4 N–H and O–H groups in total. The number of esters is 1. The Labute approximate surface area is 221 Å². The van der Waals surface area contributed by atoms with Crippen molar-refractivity contribution < 1.29 is 18.7 Å². The number of anilines is 1. The zero-order chi connectivity index (χ0) is 27.1. The molecule has 1 amide bonds. The number of carbonyl (C=O) groups is 2. The molecule has 0 atom stereocenters. The number of nitrogens with zero attached hydrogens (tertiary/aromatic N) is 6. The second-order valence-corrected chi connectivity index (χ2v) is 9.41. The lowest BCUT2D eigenvalue weighted by atomic mass is 9.86. The smallest absolute Gasteiger partial charge is 0.383 e. The van der Waals surface area contributed by atoms with Crippen molar-refractivity contribution in [3.63, 3.8) is 0 Å². The molecule has 4 heterocycles. The van der Waals surface area contributed by atoms with Crippen LogP contribution in [0.15, 0.2) is 55.0 Å². The molecule has 0 unspecified atom stereocenters. The summed E-state index contributed by atoms with van der Waals surface area (Å²) in [6.07, 6.45) is 3.95. The lowest BCUT2D eigenvalue weighted by Crippen LogP contribution is -2.29. The van der Waals surface area contributed by atoms with Crippen LogP contribution in [0.2, 0.25) is 0 Å². The molecule has 1 saturated carbocycles. The minimum atomic E-state index is -1.11. The topological polar surface area (TPSA) is 165 Å². The van der Waals surface area contributed by atoms with Crippen LogP contribution in [-0.4, -0.2) is 41.8 Å². The molecule has 196 valence electrons. The maximum absolute atomic E-state index is 16.1. The normalized spacial score (nSPS) is 17.4. The molecule has 0 aliphatic heterocycles. The standard InChI is InChI=1S/C27H23FN8O3/c28-21-17(10-6-14-7-11-19(34-22(14)21)18-3-1-2-12-31-18)23-20-24(29)32-13-33-25(20)36(35-23)16-8-4-15(5-9-16)26(37)39-27(30)38/h1-3,6-7,10-13,15-16H,4-5,8-9H2,(H2,30,38)(H2,29,32,33). The fourth-order valence-electron chi connectivity index (χ4n) is 5.17. The number of nitrogen functional groups attached to an aromatic ring is 1. The Kier molecular flexibility index (Phi) is 6.06. The van der Waals surface area contributed by atoms with Crippen molar-refractivity contribution in [1.82, 2.24) is 29.7 Å². The molecule has 4 aromatic heterocycles. The van der Waals surface area contributed by atoms with E-state index >= 15 is 4.39 Å². The first-order valence-electron chi connectivity index (χ1n) is 12.4. The summed E-state index contributed by atoms with van der Waals surface area (Å²) in [5, 5.41) is 5.84. The van der Waals surface area contributed by atoms with Crippen LogP contribution < -0.4 is 11.5 Å². The van der Waals surface area contributed by atoms with Crippen molar-refractivity contribution in [2.24, 2.45) is 11.7 Å². The number of pyridine rings is 2. The van der Waals surface area contributed by atoms with Crippen LogP contribution in [0.5, 0.6) is 0 Å². The quantitative estimate of drug-likeness (QED) is 0.258. The molecular weight excluding hydrogens is 503 g/mol. The van der Waals surface area contributed by atoms with Crippen LogP contribution in [-0.2, 0) is 9.53 Å². The third-order valence-corrected chi connectivity index (χ3v) is 7.08. The van der Waals surface area contributed by atoms with Gasteiger partial charge in [-0.3, -0.25) is 9.78 Å². The second kappa shape index (κ2) is 9.71. The monoisotopic (exact) mass is 526 g/mol. The first-order valence-corrected chi connectivity index (χ1v) is 12.4. The number of hydrogen-bond donors (Lipinski definition) is 2. The molecule has 0 bridgehead atoms. The summed E-state index contributed by atoms with van der Waals surface area (Å²) in [7, 11) is 0. The van der Waals surface area contributed by atoms with Gasteiger partial charge in [0, 0.05) is 17.1 Å². The van der Waals surface area contributed by atoms with Crippen LogP contribution in [0.4, 0.5) is 15.0 Å². The molecule has 0 spiro atoms. The molecule has 1 aliphatic rings. The van der Waals surface area contributed by atoms with Gasteiger partial charge in [0.2, 0.25) is 0 Å². The summed E-state index contributed by atoms with van der Waals surface area (Å²) < 4.78 is 22.4. The lowest BCUT2D eigenvalue weighted by Gasteiger charge is -2.27. The van der Waals surface area contributed by atoms with Gasteiger partial charge in [0.15, 0.2) is 11.5 Å². The molecule has 39 heavy (non-hydrogen) atoms. The molecule has 5 aromatic rings. The Balaban J connectivity index is 1.41. The number of rotatable bonds is 4. The number of aromatic nitrogens is 6. The summed E-state index contributed by atoms with van der Waals surface area (Å²) in [6, 6.07) is 12.4. The summed E-state index contributed by atoms with van der Waals surface area (Å²) >= 11 is 0. The van der Waals surface area contributed by atoms with Crippen LogP contribution in [0.25, 0.3) is 44.6 Å². The number of nitrogens with two attached hydrogens (primary N) is 2. The number of carbonyl (C=O) groups excluding carboxylic acids is 2. The Morgan fingerprint density at radius 2 is 1.77 bits per heavy atom. The Hall–Kier alpha value is -5.00. The predicted molar refractivity (Wildman–Crippen MR) is 140 cm³/mol. The molecule has 1 aromatic carbocycles. The van der Waals surface area contributed by atoms with Gasteiger partial charge in [0.1, 0.15) is 23.4 Å². The average molecular weight is 527 g/mol. The van der Waals surface area contributed by atoms with Crippen molar-refractivity contribution in [1.29, 1.82) is 0 Å². The van der Waals surface area contributed by atoms with E-state index in [0.29, 0.717) is 59.2 Å². The van der Waals surface area contributed by atoms with Crippen molar-refractivity contribution in [3.8, 4) is 22.6 Å². The minimum Gasteiger partial charge on any atom is -0.383 e. The van der Waals surface area contributed by atoms with Gasteiger partial charge in [0.25, 0.3) is 0 Å². The highest BCUT2D eigenvalue weighted by atomic mass is 19.1. The van der Waals surface area contributed by atoms with Gasteiger partial charge in [-0.05, 0) is 49.9 Å². The maximum atomic E-state index is 16.1. The predicted octanol–water partition coefficient (Wildman–Crippen LogP) is 4.18. The van der Waals surface area contributed by atoms with Crippen LogP contribution in [0.3, 0.4) is 0 Å². The molecule has 1 fully saturated rings. The van der Waals surface area contributed by atoms with Gasteiger partial charge in [-0.25, -0.2) is 28.8 Å². The van der Waals surface area contributed by atoms with E-state index in [1.807, 2.05) is 12.1 Å². The van der Waals surface area contributed by atoms with Crippen LogP contribution >= 0.6 is 0 Å². The Morgan fingerprint density at radius 3 is 2.51 bits per heavy atom. The molecule has 6 rings (SSSR count). The van der Waals surface area contributed by atoms with E-state index in [4.69, 9.17) is 16.6 Å². The first kappa shape index (κ1) is 24.3. The van der Waals surface area contributed by atoms with Crippen molar-refractivity contribution in [2.75, 3.05) is 5.73 Å². The number of halogens is 1. The molecular formula is C27H23FN8O3. The highest BCUT2D eigenvalue weighted by Gasteiger charge is 2.32. The van der Waals surface area contributed by atoms with E-state index in [2.05, 4.69) is 24.7 Å². The molecule has 1 aliphatic carbocycles. The molecule has 0 radical (unpaired) electrons. The van der Waals surface area contributed by atoms with Crippen molar-refractivity contribution in [2.45, 2.75) is 31.7 Å². The number of ether oxygens (including phenoxy) is 1. The van der Waals surface area contributed by atoms with Gasteiger partial charge in [-0.1, -0.05) is 18.2 Å². The van der Waals surface area contributed by atoms with Gasteiger partial charge in [-0.2, -0.15) is 5.10 Å². The Morgan fingerprint density at radius 1 is 0.974 bits per heavy atom. The number of amides is 1. The van der Waals surface area contributed by atoms with E-state index < -0.39 is 23.8 Å². The fraction of sp³-hybridized carbons (Fsp3) is 0.222. The second-order valence-electron chi connectivity index (χ2n) is 9.41. The van der Waals surface area contributed by atoms with Crippen LogP contribution in [0, 0.1) is 11.7 Å². The number of hydrogen-bond acceptors (Lipinski definition) is 9. The lowest BCUT2D eigenvalue weighted by molar-refractivity contribution is -0.143. The molecule has 11 nitrogen and oxygen atoms in total. The van der Waals surface area contributed by atoms with E-state index in [-0.39, 0.29) is 22.9 Å². The van der Waals surface area contributed by atoms with Gasteiger partial charge < -0.3 is 16.2 Å². The van der Waals surface area contributed by atoms with Crippen molar-refractivity contribution in [3.05, 3.63) is 60.8 Å². The summed E-state index contributed by atoms with van der Waals surface area (Å²) in [4.78, 5) is 40.5. The highest BCUT2D eigenvalue weighted by molar-refractivity contribution is 6.00. The van der Waals surface area contributed by atoms with Gasteiger partial charge >= 0.3 is 12.1 Å². The summed E-state index contributed by atoms with van der Waals surface area (Å²) in [5.41, 5.74) is 13.6. The number of benzene rings is 1. The fourth-order valence-corrected chi connectivity index (χ4v) is 5.17. The SMILES string of the molecule is NC(=O)OC(=O)C1CCC(n2nc(-c3ccc4ccc(-c5ccccn5)nc4c3F)c3c(N)ncnc32)CC1. The summed E-state index contributed by atoms with van der Waals surface area (Å²) in [5.74, 6) is -1.44. The van der Waals surface area contributed by atoms with E-state index in [0.717, 1.165) is 0 Å². The maximum Gasteiger partial charge on any atom is 0.412 e. The third-order valence-electron chi connectivity index (χ3n) is 7.08. The molecule has 0 saturated heterocycles. The first-order chi connectivity index (χ1) is 18.9. The van der Waals surface area contributed by atoms with E-state index in [1.165, 1.54) is 6.33 Å².